The summed E-state index contributed by atoms with van der Waals surface area (Å²) >= 11 is 0. The van der Waals surface area contributed by atoms with Crippen molar-refractivity contribution in [1.82, 2.24) is 5.32 Å². The average molecular weight is 339 g/mol. The molecule has 1 amide bonds. The first kappa shape index (κ1) is 22.7. The fourth-order valence-corrected chi connectivity index (χ4v) is 2.59. The van der Waals surface area contributed by atoms with E-state index in [1.165, 1.54) is 38.1 Å². The molecule has 0 aromatic rings. The third kappa shape index (κ3) is 17.1. The number of nitrogens with one attached hydrogen (secondary N) is 1. The highest BCUT2D eigenvalue weighted by molar-refractivity contribution is 5.76. The first-order valence-corrected chi connectivity index (χ1v) is 9.69. The molecule has 0 aliphatic rings. The van der Waals surface area contributed by atoms with Crippen LogP contribution in [0.25, 0.3) is 0 Å². The molecule has 0 aromatic heterocycles. The van der Waals surface area contributed by atoms with Crippen LogP contribution in [0, 0.1) is 0 Å². The molecule has 140 valence electrons. The lowest BCUT2D eigenvalue weighted by Gasteiger charge is -2.08. The number of aliphatic hydroxyl groups excluding tert-OH is 1. The number of aliphatic hydroxyl groups is 1. The van der Waals surface area contributed by atoms with Crippen LogP contribution < -0.4 is 11.1 Å². The Hall–Kier alpha value is -1.29. The fraction of sp³-hybridized carbons (Fsp3) is 0.750. The molecule has 1 atom stereocenters. The smallest absolute Gasteiger partial charge is 0.223 e. The molecule has 0 rings (SSSR count). The Morgan fingerprint density at radius 3 is 2.46 bits per heavy atom. The van der Waals surface area contributed by atoms with Crippen LogP contribution in [0.5, 0.6) is 0 Å². The van der Waals surface area contributed by atoms with Crippen LogP contribution in [0.3, 0.4) is 0 Å². The van der Waals surface area contributed by atoms with E-state index in [0.29, 0.717) is 6.42 Å². The molecule has 0 aliphatic carbocycles. The largest absolute Gasteiger partial charge is 0.403 e. The Kier molecular flexibility index (Phi) is 17.1. The molecule has 0 spiro atoms. The highest BCUT2D eigenvalue weighted by Crippen LogP contribution is 2.12. The number of hydrogen-bond donors (Lipinski definition) is 3. The molecule has 24 heavy (non-hydrogen) atoms. The molecule has 0 bridgehead atoms. The van der Waals surface area contributed by atoms with Gasteiger partial charge >= 0.3 is 0 Å². The van der Waals surface area contributed by atoms with E-state index in [2.05, 4.69) is 24.4 Å². The van der Waals surface area contributed by atoms with E-state index < -0.39 is 0 Å². The predicted molar refractivity (Wildman–Crippen MR) is 102 cm³/mol. The van der Waals surface area contributed by atoms with Crippen LogP contribution in [0.4, 0.5) is 0 Å². The maximum absolute atomic E-state index is 11.3. The molecule has 4 N–H and O–H groups in total. The van der Waals surface area contributed by atoms with Crippen LogP contribution in [-0.2, 0) is 4.79 Å². The SMILES string of the molecule is CCCCC/C=C\CC[C@H](O)CCCCCCCC(=O)N/C=C\N. The Morgan fingerprint density at radius 1 is 1.00 bits per heavy atom. The molecule has 0 saturated heterocycles. The molecule has 0 saturated carbocycles. The predicted octanol–water partition coefficient (Wildman–Crippen LogP) is 4.54. The summed E-state index contributed by atoms with van der Waals surface area (Å²) < 4.78 is 0. The van der Waals surface area contributed by atoms with E-state index in [0.717, 1.165) is 51.4 Å². The lowest BCUT2D eigenvalue weighted by atomic mass is 10.0. The van der Waals surface area contributed by atoms with Gasteiger partial charge in [0.15, 0.2) is 0 Å². The van der Waals surface area contributed by atoms with Gasteiger partial charge in [-0.1, -0.05) is 57.6 Å². The first-order valence-electron chi connectivity index (χ1n) is 9.69. The Morgan fingerprint density at radius 2 is 1.71 bits per heavy atom. The summed E-state index contributed by atoms with van der Waals surface area (Å²) in [4.78, 5) is 11.3. The molecule has 0 radical (unpaired) electrons. The lowest BCUT2D eigenvalue weighted by molar-refractivity contribution is -0.120. The summed E-state index contributed by atoms with van der Waals surface area (Å²) in [6, 6.07) is 0. The second-order valence-corrected chi connectivity index (χ2v) is 6.43. The molecule has 0 aromatic carbocycles. The molecule has 4 heteroatoms. The van der Waals surface area contributed by atoms with Crippen LogP contribution in [-0.4, -0.2) is 17.1 Å². The van der Waals surface area contributed by atoms with Gasteiger partial charge in [0, 0.05) is 18.8 Å². The van der Waals surface area contributed by atoms with Crippen LogP contribution in [0.2, 0.25) is 0 Å². The average Bonchev–Trinajstić information content (AvgIpc) is 2.58. The van der Waals surface area contributed by atoms with Crippen LogP contribution >= 0.6 is 0 Å². The van der Waals surface area contributed by atoms with Gasteiger partial charge in [0.25, 0.3) is 0 Å². The van der Waals surface area contributed by atoms with Crippen molar-refractivity contribution in [1.29, 1.82) is 0 Å². The van der Waals surface area contributed by atoms with E-state index in [1.54, 1.807) is 0 Å². The van der Waals surface area contributed by atoms with Crippen LogP contribution in [0.15, 0.2) is 24.6 Å². The minimum absolute atomic E-state index is 0.0230. The summed E-state index contributed by atoms with van der Waals surface area (Å²) in [6.45, 7) is 2.22. The van der Waals surface area contributed by atoms with Gasteiger partial charge in [0.05, 0.1) is 6.10 Å². The molecule has 0 unspecified atom stereocenters. The number of amides is 1. The third-order valence-corrected chi connectivity index (χ3v) is 4.09. The zero-order valence-corrected chi connectivity index (χ0v) is 15.5. The molecule has 0 fully saturated rings. The summed E-state index contributed by atoms with van der Waals surface area (Å²) in [6.07, 6.45) is 20.7. The standard InChI is InChI=1S/C20H38N2O2/c1-2-3-4-5-6-8-11-14-19(23)15-12-9-7-10-13-16-20(24)22-18-17-21/h6,8,17-19,23H,2-5,7,9-16,21H2,1H3,(H,22,24)/b8-6-,18-17-/t19-/m0/s1. The van der Waals surface area contributed by atoms with Gasteiger partial charge in [-0.2, -0.15) is 0 Å². The lowest BCUT2D eigenvalue weighted by Crippen LogP contribution is -2.16. The molecular weight excluding hydrogens is 300 g/mol. The van der Waals surface area contributed by atoms with Crippen molar-refractivity contribution >= 4 is 5.91 Å². The van der Waals surface area contributed by atoms with E-state index >= 15 is 0 Å². The normalized spacial score (nSPS) is 12.9. The monoisotopic (exact) mass is 338 g/mol. The fourth-order valence-electron chi connectivity index (χ4n) is 2.59. The molecule has 0 heterocycles. The number of carbonyl (C=O) groups excluding carboxylic acids is 1. The summed E-state index contributed by atoms with van der Waals surface area (Å²) in [5.41, 5.74) is 5.15. The summed E-state index contributed by atoms with van der Waals surface area (Å²) in [5.74, 6) is 0.0230. The molecule has 4 nitrogen and oxygen atoms in total. The van der Waals surface area contributed by atoms with Crippen molar-refractivity contribution in [2.75, 3.05) is 0 Å². The first-order chi connectivity index (χ1) is 11.7. The van der Waals surface area contributed by atoms with Crippen molar-refractivity contribution in [3.05, 3.63) is 24.6 Å². The second-order valence-electron chi connectivity index (χ2n) is 6.43. The topological polar surface area (TPSA) is 75.3 Å². The molecular formula is C20H38N2O2. The minimum atomic E-state index is -0.167. The van der Waals surface area contributed by atoms with Gasteiger partial charge in [-0.25, -0.2) is 0 Å². The van der Waals surface area contributed by atoms with E-state index in [9.17, 15) is 9.90 Å². The van der Waals surface area contributed by atoms with Gasteiger partial charge in [0.1, 0.15) is 0 Å². The number of nitrogens with two attached hydrogens (primary N) is 1. The number of carbonyl (C=O) groups is 1. The van der Waals surface area contributed by atoms with Gasteiger partial charge in [-0.05, 0) is 38.5 Å². The van der Waals surface area contributed by atoms with Gasteiger partial charge in [-0.15, -0.1) is 0 Å². The van der Waals surface area contributed by atoms with E-state index in [-0.39, 0.29) is 12.0 Å². The number of allylic oxidation sites excluding steroid dienone is 2. The van der Waals surface area contributed by atoms with Crippen molar-refractivity contribution in [2.24, 2.45) is 5.73 Å². The second kappa shape index (κ2) is 18.1. The number of hydrogen-bond acceptors (Lipinski definition) is 3. The summed E-state index contributed by atoms with van der Waals surface area (Å²) in [5, 5.41) is 12.5. The maximum atomic E-state index is 11.3. The maximum Gasteiger partial charge on any atom is 0.223 e. The number of unbranched alkanes of at least 4 members (excludes halogenated alkanes) is 7. The molecule has 0 aliphatic heterocycles. The van der Waals surface area contributed by atoms with E-state index in [1.807, 2.05) is 0 Å². The van der Waals surface area contributed by atoms with Gasteiger partial charge in [-0.3, -0.25) is 4.79 Å². The number of rotatable bonds is 16. The van der Waals surface area contributed by atoms with Crippen molar-refractivity contribution in [3.63, 3.8) is 0 Å². The van der Waals surface area contributed by atoms with Crippen molar-refractivity contribution in [2.45, 2.75) is 96.5 Å². The highest BCUT2D eigenvalue weighted by Gasteiger charge is 2.03. The van der Waals surface area contributed by atoms with Gasteiger partial charge in [0.2, 0.25) is 5.91 Å². The van der Waals surface area contributed by atoms with E-state index in [4.69, 9.17) is 5.73 Å². The zero-order chi connectivity index (χ0) is 17.9. The Balaban J connectivity index is 3.34. The van der Waals surface area contributed by atoms with Crippen molar-refractivity contribution < 1.29 is 9.90 Å². The quantitative estimate of drug-likeness (QED) is 0.286. The Labute approximate surface area is 148 Å². The van der Waals surface area contributed by atoms with Gasteiger partial charge < -0.3 is 16.2 Å². The minimum Gasteiger partial charge on any atom is -0.403 e. The zero-order valence-electron chi connectivity index (χ0n) is 15.5. The third-order valence-electron chi connectivity index (χ3n) is 4.09. The highest BCUT2D eigenvalue weighted by atomic mass is 16.3. The van der Waals surface area contributed by atoms with Crippen molar-refractivity contribution in [3.8, 4) is 0 Å². The Bertz CT molecular complexity index is 341. The van der Waals surface area contributed by atoms with Crippen LogP contribution in [0.1, 0.15) is 90.4 Å². The summed E-state index contributed by atoms with van der Waals surface area (Å²) in [7, 11) is 0.